The number of carbonyl (C=O) groups is 2. The number of rotatable bonds is 6. The third-order valence-electron chi connectivity index (χ3n) is 2.34. The Bertz CT molecular complexity index is 388. The summed E-state index contributed by atoms with van der Waals surface area (Å²) in [7, 11) is 2.51. The van der Waals surface area contributed by atoms with E-state index in [9.17, 15) is 9.59 Å². The van der Waals surface area contributed by atoms with Crippen molar-refractivity contribution in [1.29, 1.82) is 0 Å². The summed E-state index contributed by atoms with van der Waals surface area (Å²) in [5.74, 6) is -1.10. The van der Waals surface area contributed by atoms with E-state index in [1.165, 1.54) is 14.2 Å². The number of hydrogen-bond donors (Lipinski definition) is 0. The number of ether oxygens (including phenoxy) is 3. The van der Waals surface area contributed by atoms with Crippen LogP contribution in [0.4, 0.5) is 0 Å². The predicted molar refractivity (Wildman–Crippen MR) is 63.7 cm³/mol. The summed E-state index contributed by atoms with van der Waals surface area (Å²) in [4.78, 5) is 22.6. The molecule has 0 radical (unpaired) electrons. The average Bonchev–Trinajstić information content (AvgIpc) is 2.43. The summed E-state index contributed by atoms with van der Waals surface area (Å²) in [6.07, 6.45) is -1.10. The van der Waals surface area contributed by atoms with Crippen molar-refractivity contribution in [3.05, 3.63) is 35.9 Å². The van der Waals surface area contributed by atoms with Crippen LogP contribution in [0.2, 0.25) is 0 Å². The fraction of sp³-hybridized carbons (Fsp3) is 0.385. The lowest BCUT2D eigenvalue weighted by Gasteiger charge is -2.14. The Hall–Kier alpha value is -1.88. The van der Waals surface area contributed by atoms with Crippen LogP contribution in [0.1, 0.15) is 12.0 Å². The fourth-order valence-corrected chi connectivity index (χ4v) is 1.35. The Morgan fingerprint density at radius 2 is 1.78 bits per heavy atom. The van der Waals surface area contributed by atoms with Gasteiger partial charge in [0.2, 0.25) is 0 Å². The maximum absolute atomic E-state index is 11.4. The quantitative estimate of drug-likeness (QED) is 0.714. The Morgan fingerprint density at radius 1 is 1.11 bits per heavy atom. The Morgan fingerprint density at radius 3 is 2.33 bits per heavy atom. The fourth-order valence-electron chi connectivity index (χ4n) is 1.35. The van der Waals surface area contributed by atoms with E-state index < -0.39 is 18.0 Å². The first-order valence-electron chi connectivity index (χ1n) is 5.47. The van der Waals surface area contributed by atoms with Crippen molar-refractivity contribution in [2.45, 2.75) is 19.1 Å². The lowest BCUT2D eigenvalue weighted by molar-refractivity contribution is -0.161. The van der Waals surface area contributed by atoms with Crippen LogP contribution in [0.3, 0.4) is 0 Å². The van der Waals surface area contributed by atoms with Crippen LogP contribution >= 0.6 is 0 Å². The standard InChI is InChI=1S/C13H16O5/c1-16-12(14)8-11(13(15)17-2)18-9-10-6-4-3-5-7-10/h3-7,11H,8-9H2,1-2H3/t11-/m0/s1. The zero-order valence-corrected chi connectivity index (χ0v) is 10.4. The van der Waals surface area contributed by atoms with Gasteiger partial charge in [-0.2, -0.15) is 0 Å². The van der Waals surface area contributed by atoms with Crippen LogP contribution in [-0.4, -0.2) is 32.3 Å². The molecule has 0 bridgehead atoms. The van der Waals surface area contributed by atoms with E-state index >= 15 is 0 Å². The second-order valence-electron chi connectivity index (χ2n) is 3.59. The first-order chi connectivity index (χ1) is 8.67. The molecule has 18 heavy (non-hydrogen) atoms. The van der Waals surface area contributed by atoms with E-state index in [0.29, 0.717) is 0 Å². The molecule has 0 heterocycles. The molecule has 0 amide bonds. The predicted octanol–water partition coefficient (Wildman–Crippen LogP) is 1.31. The molecule has 1 aromatic rings. The minimum Gasteiger partial charge on any atom is -0.469 e. The normalized spacial score (nSPS) is 11.7. The van der Waals surface area contributed by atoms with E-state index in [2.05, 4.69) is 9.47 Å². The van der Waals surface area contributed by atoms with Gasteiger partial charge in [-0.25, -0.2) is 4.79 Å². The lowest BCUT2D eigenvalue weighted by atomic mass is 10.2. The molecule has 0 aromatic heterocycles. The summed E-state index contributed by atoms with van der Waals surface area (Å²) in [6.45, 7) is 0.234. The van der Waals surface area contributed by atoms with Gasteiger partial charge in [-0.05, 0) is 5.56 Å². The molecular weight excluding hydrogens is 236 g/mol. The molecule has 5 nitrogen and oxygen atoms in total. The molecule has 98 valence electrons. The summed E-state index contributed by atoms with van der Waals surface area (Å²) >= 11 is 0. The minimum absolute atomic E-state index is 0.157. The number of benzene rings is 1. The summed E-state index contributed by atoms with van der Waals surface area (Å²) in [5.41, 5.74) is 0.913. The Balaban J connectivity index is 2.56. The van der Waals surface area contributed by atoms with Gasteiger partial charge >= 0.3 is 11.9 Å². The van der Waals surface area contributed by atoms with Crippen molar-refractivity contribution in [2.24, 2.45) is 0 Å². The Labute approximate surface area is 106 Å². The molecule has 0 aliphatic rings. The molecule has 0 saturated heterocycles. The highest BCUT2D eigenvalue weighted by atomic mass is 16.6. The van der Waals surface area contributed by atoms with Gasteiger partial charge in [0.05, 0.1) is 27.2 Å². The molecule has 0 unspecified atom stereocenters. The van der Waals surface area contributed by atoms with Crippen molar-refractivity contribution in [3.63, 3.8) is 0 Å². The number of esters is 2. The molecule has 0 aliphatic carbocycles. The van der Waals surface area contributed by atoms with Crippen molar-refractivity contribution in [1.82, 2.24) is 0 Å². The largest absolute Gasteiger partial charge is 0.469 e. The molecule has 1 rings (SSSR count). The molecule has 0 fully saturated rings. The van der Waals surface area contributed by atoms with Crippen molar-refractivity contribution < 1.29 is 23.8 Å². The number of hydrogen-bond acceptors (Lipinski definition) is 5. The highest BCUT2D eigenvalue weighted by Gasteiger charge is 2.23. The molecule has 1 atom stereocenters. The number of methoxy groups -OCH3 is 2. The van der Waals surface area contributed by atoms with Gasteiger partial charge in [0, 0.05) is 0 Å². The zero-order chi connectivity index (χ0) is 13.4. The van der Waals surface area contributed by atoms with Crippen molar-refractivity contribution in [2.75, 3.05) is 14.2 Å². The number of carbonyl (C=O) groups excluding carboxylic acids is 2. The Kier molecular flexibility index (Phi) is 5.87. The molecule has 1 aromatic carbocycles. The maximum Gasteiger partial charge on any atom is 0.335 e. The second kappa shape index (κ2) is 7.45. The molecule has 0 saturated carbocycles. The van der Waals surface area contributed by atoms with Gasteiger partial charge < -0.3 is 14.2 Å². The summed E-state index contributed by atoms with van der Waals surface area (Å²) < 4.78 is 14.5. The highest BCUT2D eigenvalue weighted by molar-refractivity contribution is 5.81. The molecule has 5 heteroatoms. The van der Waals surface area contributed by atoms with E-state index in [1.54, 1.807) is 0 Å². The first-order valence-corrected chi connectivity index (χ1v) is 5.47. The summed E-state index contributed by atoms with van der Waals surface area (Å²) in [6, 6.07) is 9.35. The van der Waals surface area contributed by atoms with Crippen LogP contribution in [-0.2, 0) is 30.4 Å². The van der Waals surface area contributed by atoms with Crippen molar-refractivity contribution in [3.8, 4) is 0 Å². The van der Waals surface area contributed by atoms with Gasteiger partial charge in [0.25, 0.3) is 0 Å². The molecule has 0 spiro atoms. The lowest BCUT2D eigenvalue weighted by Crippen LogP contribution is -2.28. The maximum atomic E-state index is 11.4. The minimum atomic E-state index is -0.942. The summed E-state index contributed by atoms with van der Waals surface area (Å²) in [5, 5.41) is 0. The van der Waals surface area contributed by atoms with Gasteiger partial charge in [0.15, 0.2) is 6.10 Å². The monoisotopic (exact) mass is 252 g/mol. The third kappa shape index (κ3) is 4.55. The highest BCUT2D eigenvalue weighted by Crippen LogP contribution is 2.08. The van der Waals surface area contributed by atoms with Crippen LogP contribution in [0, 0.1) is 0 Å². The first kappa shape index (κ1) is 14.2. The van der Waals surface area contributed by atoms with Gasteiger partial charge in [-0.15, -0.1) is 0 Å². The van der Waals surface area contributed by atoms with Crippen LogP contribution < -0.4 is 0 Å². The van der Waals surface area contributed by atoms with Crippen LogP contribution in [0.25, 0.3) is 0 Å². The van der Waals surface area contributed by atoms with Gasteiger partial charge in [-0.1, -0.05) is 30.3 Å². The van der Waals surface area contributed by atoms with Crippen LogP contribution in [0.15, 0.2) is 30.3 Å². The van der Waals surface area contributed by atoms with E-state index in [-0.39, 0.29) is 13.0 Å². The smallest absolute Gasteiger partial charge is 0.335 e. The average molecular weight is 252 g/mol. The topological polar surface area (TPSA) is 61.8 Å². The van der Waals surface area contributed by atoms with Gasteiger partial charge in [0.1, 0.15) is 0 Å². The molecule has 0 N–H and O–H groups in total. The van der Waals surface area contributed by atoms with Gasteiger partial charge in [-0.3, -0.25) is 4.79 Å². The zero-order valence-electron chi connectivity index (χ0n) is 10.4. The van der Waals surface area contributed by atoms with E-state index in [4.69, 9.17) is 4.74 Å². The van der Waals surface area contributed by atoms with Crippen molar-refractivity contribution >= 4 is 11.9 Å². The molecular formula is C13H16O5. The second-order valence-corrected chi connectivity index (χ2v) is 3.59. The van der Waals surface area contributed by atoms with E-state index in [1.807, 2.05) is 30.3 Å². The van der Waals surface area contributed by atoms with Crippen LogP contribution in [0.5, 0.6) is 0 Å². The third-order valence-corrected chi connectivity index (χ3v) is 2.34. The van der Waals surface area contributed by atoms with E-state index in [0.717, 1.165) is 5.56 Å². The SMILES string of the molecule is COC(=O)C[C@H](OCc1ccccc1)C(=O)OC. The molecule has 0 aliphatic heterocycles.